The SMILES string of the molecule is CC(C)Oc1ccc(CNC(=O)c2c(O)c(Cl)cc(Cl)c2Cl)cn1. The number of phenolic OH excluding ortho intramolecular Hbond substituents is 1. The molecule has 128 valence electrons. The number of hydrogen-bond donors (Lipinski definition) is 2. The van der Waals surface area contributed by atoms with Crippen molar-refractivity contribution in [1.29, 1.82) is 0 Å². The molecule has 1 aromatic carbocycles. The highest BCUT2D eigenvalue weighted by atomic mass is 35.5. The van der Waals surface area contributed by atoms with Gasteiger partial charge in [0.05, 0.1) is 21.2 Å². The molecule has 1 heterocycles. The van der Waals surface area contributed by atoms with Crippen molar-refractivity contribution >= 4 is 40.7 Å². The fourth-order valence-corrected chi connectivity index (χ4v) is 2.58. The molecule has 0 radical (unpaired) electrons. The van der Waals surface area contributed by atoms with E-state index in [9.17, 15) is 9.90 Å². The second kappa shape index (κ2) is 7.92. The number of aromatic hydroxyl groups is 1. The van der Waals surface area contributed by atoms with Gasteiger partial charge in [-0.3, -0.25) is 4.79 Å². The molecule has 0 aliphatic carbocycles. The second-order valence-electron chi connectivity index (χ2n) is 5.23. The molecule has 0 fully saturated rings. The van der Waals surface area contributed by atoms with Crippen LogP contribution in [0, 0.1) is 0 Å². The van der Waals surface area contributed by atoms with Crippen molar-refractivity contribution in [1.82, 2.24) is 10.3 Å². The van der Waals surface area contributed by atoms with Crippen LogP contribution in [0.2, 0.25) is 15.1 Å². The second-order valence-corrected chi connectivity index (χ2v) is 6.42. The number of pyridine rings is 1. The highest BCUT2D eigenvalue weighted by Gasteiger charge is 2.21. The van der Waals surface area contributed by atoms with Crippen LogP contribution >= 0.6 is 34.8 Å². The Hall–Kier alpha value is -1.69. The number of carbonyl (C=O) groups is 1. The van der Waals surface area contributed by atoms with Crippen molar-refractivity contribution in [2.24, 2.45) is 0 Å². The van der Waals surface area contributed by atoms with Gasteiger partial charge in [0, 0.05) is 18.8 Å². The highest BCUT2D eigenvalue weighted by Crippen LogP contribution is 2.38. The lowest BCUT2D eigenvalue weighted by Crippen LogP contribution is -2.23. The number of nitrogens with zero attached hydrogens (tertiary/aromatic N) is 1. The molecule has 2 N–H and O–H groups in total. The molecular weight excluding hydrogens is 375 g/mol. The molecule has 0 atom stereocenters. The number of carbonyl (C=O) groups excluding carboxylic acids is 1. The lowest BCUT2D eigenvalue weighted by molar-refractivity contribution is 0.0948. The van der Waals surface area contributed by atoms with Gasteiger partial charge in [0.2, 0.25) is 5.88 Å². The van der Waals surface area contributed by atoms with Crippen molar-refractivity contribution in [2.45, 2.75) is 26.5 Å². The van der Waals surface area contributed by atoms with Crippen molar-refractivity contribution in [3.63, 3.8) is 0 Å². The standard InChI is InChI=1S/C16H15Cl3N2O3/c1-8(2)24-12-4-3-9(6-20-12)7-21-16(23)13-14(19)10(17)5-11(18)15(13)22/h3-6,8,22H,7H2,1-2H3,(H,21,23). The van der Waals surface area contributed by atoms with E-state index >= 15 is 0 Å². The fraction of sp³-hybridized carbons (Fsp3) is 0.250. The van der Waals surface area contributed by atoms with Gasteiger partial charge >= 0.3 is 0 Å². The Labute approximate surface area is 154 Å². The predicted octanol–water partition coefficient (Wildman–Crippen LogP) is 4.46. The zero-order chi connectivity index (χ0) is 17.9. The van der Waals surface area contributed by atoms with Crippen molar-refractivity contribution < 1.29 is 14.6 Å². The third-order valence-corrected chi connectivity index (χ3v) is 4.06. The monoisotopic (exact) mass is 388 g/mol. The topological polar surface area (TPSA) is 71.5 Å². The summed E-state index contributed by atoms with van der Waals surface area (Å²) in [6.07, 6.45) is 1.62. The zero-order valence-electron chi connectivity index (χ0n) is 12.9. The lowest BCUT2D eigenvalue weighted by Gasteiger charge is -2.11. The Kier molecular flexibility index (Phi) is 6.15. The van der Waals surface area contributed by atoms with E-state index < -0.39 is 11.7 Å². The fourth-order valence-electron chi connectivity index (χ4n) is 1.89. The van der Waals surface area contributed by atoms with Gasteiger partial charge in [-0.2, -0.15) is 0 Å². The molecule has 1 amide bonds. The van der Waals surface area contributed by atoms with Gasteiger partial charge in [-0.15, -0.1) is 0 Å². The van der Waals surface area contributed by atoms with Gasteiger partial charge in [-0.1, -0.05) is 40.9 Å². The molecule has 0 saturated carbocycles. The maximum absolute atomic E-state index is 12.3. The highest BCUT2D eigenvalue weighted by molar-refractivity contribution is 6.45. The number of nitrogens with one attached hydrogen (secondary N) is 1. The number of ether oxygens (including phenoxy) is 1. The van der Waals surface area contributed by atoms with Gasteiger partial charge in [0.1, 0.15) is 11.3 Å². The van der Waals surface area contributed by atoms with Gasteiger partial charge in [0.15, 0.2) is 0 Å². The van der Waals surface area contributed by atoms with E-state index in [-0.39, 0.29) is 33.3 Å². The van der Waals surface area contributed by atoms with E-state index in [4.69, 9.17) is 39.5 Å². The van der Waals surface area contributed by atoms with E-state index in [1.807, 2.05) is 13.8 Å². The molecule has 2 aromatic rings. The Morgan fingerprint density at radius 2 is 2.00 bits per heavy atom. The number of hydrogen-bond acceptors (Lipinski definition) is 4. The summed E-state index contributed by atoms with van der Waals surface area (Å²) < 4.78 is 5.44. The van der Waals surface area contributed by atoms with Crippen LogP contribution in [0.4, 0.5) is 0 Å². The molecule has 0 bridgehead atoms. The normalized spacial score (nSPS) is 10.8. The van der Waals surface area contributed by atoms with Crippen LogP contribution in [0.3, 0.4) is 0 Å². The summed E-state index contributed by atoms with van der Waals surface area (Å²) in [5.41, 5.74) is 0.588. The van der Waals surface area contributed by atoms with Gasteiger partial charge in [-0.25, -0.2) is 4.98 Å². The molecule has 5 nitrogen and oxygen atoms in total. The van der Waals surface area contributed by atoms with Crippen LogP contribution < -0.4 is 10.1 Å². The largest absolute Gasteiger partial charge is 0.505 e. The number of aromatic nitrogens is 1. The van der Waals surface area contributed by atoms with Crippen LogP contribution in [-0.4, -0.2) is 22.1 Å². The molecule has 1 aromatic heterocycles. The van der Waals surface area contributed by atoms with E-state index in [0.717, 1.165) is 5.56 Å². The van der Waals surface area contributed by atoms with Crippen LogP contribution in [-0.2, 0) is 6.54 Å². The molecule has 2 rings (SSSR count). The summed E-state index contributed by atoms with van der Waals surface area (Å²) in [5, 5.41) is 12.5. The maximum Gasteiger partial charge on any atom is 0.256 e. The maximum atomic E-state index is 12.3. The smallest absolute Gasteiger partial charge is 0.256 e. The quantitative estimate of drug-likeness (QED) is 0.740. The zero-order valence-corrected chi connectivity index (χ0v) is 15.2. The van der Waals surface area contributed by atoms with Crippen molar-refractivity contribution in [3.8, 4) is 11.6 Å². The van der Waals surface area contributed by atoms with E-state index in [2.05, 4.69) is 10.3 Å². The Morgan fingerprint density at radius 1 is 1.29 bits per heavy atom. The third-order valence-electron chi connectivity index (χ3n) is 2.98. The van der Waals surface area contributed by atoms with E-state index in [1.54, 1.807) is 18.3 Å². The van der Waals surface area contributed by atoms with Crippen molar-refractivity contribution in [2.75, 3.05) is 0 Å². The van der Waals surface area contributed by atoms with Gasteiger partial charge in [0.25, 0.3) is 5.91 Å². The first-order valence-corrected chi connectivity index (χ1v) is 8.19. The number of rotatable bonds is 5. The predicted molar refractivity (Wildman–Crippen MR) is 94.3 cm³/mol. The summed E-state index contributed by atoms with van der Waals surface area (Å²) in [6.45, 7) is 4.00. The molecule has 0 unspecified atom stereocenters. The summed E-state index contributed by atoms with van der Waals surface area (Å²) in [4.78, 5) is 16.4. The Balaban J connectivity index is 2.09. The molecule has 24 heavy (non-hydrogen) atoms. The number of benzene rings is 1. The molecule has 0 aliphatic rings. The first-order valence-electron chi connectivity index (χ1n) is 7.05. The van der Waals surface area contributed by atoms with Crippen LogP contribution in [0.5, 0.6) is 11.6 Å². The first kappa shape index (κ1) is 18.6. The minimum Gasteiger partial charge on any atom is -0.505 e. The molecule has 0 spiro atoms. The lowest BCUT2D eigenvalue weighted by atomic mass is 10.1. The molecule has 0 aliphatic heterocycles. The number of phenols is 1. The van der Waals surface area contributed by atoms with Crippen LogP contribution in [0.15, 0.2) is 24.4 Å². The Bertz CT molecular complexity index is 723. The average Bonchev–Trinajstić information content (AvgIpc) is 2.52. The third kappa shape index (κ3) is 4.44. The van der Waals surface area contributed by atoms with Gasteiger partial charge < -0.3 is 15.2 Å². The summed E-state index contributed by atoms with van der Waals surface area (Å²) in [6, 6.07) is 4.76. The molecular formula is C16H15Cl3N2O3. The van der Waals surface area contributed by atoms with Crippen LogP contribution in [0.25, 0.3) is 0 Å². The number of halogens is 3. The first-order chi connectivity index (χ1) is 11.3. The number of amides is 1. The summed E-state index contributed by atoms with van der Waals surface area (Å²) in [7, 11) is 0. The Morgan fingerprint density at radius 3 is 2.58 bits per heavy atom. The minimum absolute atomic E-state index is 0.0285. The van der Waals surface area contributed by atoms with Crippen LogP contribution in [0.1, 0.15) is 29.8 Å². The molecule has 0 saturated heterocycles. The van der Waals surface area contributed by atoms with E-state index in [0.29, 0.717) is 5.88 Å². The molecule has 8 heteroatoms. The van der Waals surface area contributed by atoms with Gasteiger partial charge in [-0.05, 0) is 25.5 Å². The average molecular weight is 390 g/mol. The van der Waals surface area contributed by atoms with E-state index in [1.165, 1.54) is 6.07 Å². The summed E-state index contributed by atoms with van der Waals surface area (Å²) in [5.74, 6) is -0.505. The van der Waals surface area contributed by atoms with Crippen molar-refractivity contribution in [3.05, 3.63) is 50.6 Å². The minimum atomic E-state index is -0.593. The summed E-state index contributed by atoms with van der Waals surface area (Å²) >= 11 is 17.7.